The Morgan fingerprint density at radius 1 is 0.966 bits per heavy atom. The first-order valence-corrected chi connectivity index (χ1v) is 10.6. The van der Waals surface area contributed by atoms with E-state index in [0.717, 1.165) is 31.4 Å². The first-order chi connectivity index (χ1) is 14.2. The zero-order valence-corrected chi connectivity index (χ0v) is 16.8. The summed E-state index contributed by atoms with van der Waals surface area (Å²) in [5.41, 5.74) is 2.17. The number of rotatable bonds is 5. The number of nitrogens with one attached hydrogen (secondary N) is 2. The summed E-state index contributed by atoms with van der Waals surface area (Å²) < 4.78 is 0. The predicted molar refractivity (Wildman–Crippen MR) is 115 cm³/mol. The summed E-state index contributed by atoms with van der Waals surface area (Å²) >= 11 is 0. The van der Waals surface area contributed by atoms with Crippen LogP contribution >= 0.6 is 0 Å². The zero-order valence-electron chi connectivity index (χ0n) is 16.8. The van der Waals surface area contributed by atoms with Gasteiger partial charge in [-0.15, -0.1) is 0 Å². The highest BCUT2D eigenvalue weighted by molar-refractivity contribution is 5.90. The lowest BCUT2D eigenvalue weighted by Gasteiger charge is -2.43. The Balaban J connectivity index is 1.32. The summed E-state index contributed by atoms with van der Waals surface area (Å²) in [6.45, 7) is 1.85. The first kappa shape index (κ1) is 19.5. The topological polar surface area (TPSA) is 61.4 Å². The Morgan fingerprint density at radius 2 is 1.66 bits per heavy atom. The zero-order chi connectivity index (χ0) is 20.1. The molecule has 2 aromatic carbocycles. The molecule has 4 rings (SSSR count). The molecule has 1 saturated carbocycles. The van der Waals surface area contributed by atoms with Gasteiger partial charge in [0.1, 0.15) is 0 Å². The summed E-state index contributed by atoms with van der Waals surface area (Å²) in [6.07, 6.45) is 5.13. The van der Waals surface area contributed by atoms with Crippen molar-refractivity contribution in [2.45, 2.75) is 37.5 Å². The van der Waals surface area contributed by atoms with E-state index in [1.54, 1.807) is 4.90 Å². The Labute approximate surface area is 172 Å². The fraction of sp³-hybridized carbons (Fsp3) is 0.417. The normalized spacial score (nSPS) is 20.4. The molecule has 2 aromatic rings. The average molecular weight is 392 g/mol. The highest BCUT2D eigenvalue weighted by atomic mass is 16.2. The second-order valence-corrected chi connectivity index (χ2v) is 8.30. The standard InChI is InChI=1S/C24H29N3O2/c28-22(25-18-24(14-8-15-24)20-10-3-1-4-11-20)19-9-7-16-27(17-19)23(29)26-21-12-5-2-6-13-21/h1-6,10-13,19H,7-9,14-18H2,(H,25,28)(H,26,29)/t19-/m1/s1. The lowest BCUT2D eigenvalue weighted by Crippen LogP contribution is -2.50. The minimum Gasteiger partial charge on any atom is -0.355 e. The molecule has 0 bridgehead atoms. The monoisotopic (exact) mass is 391 g/mol. The molecule has 3 amide bonds. The van der Waals surface area contributed by atoms with Gasteiger partial charge in [0, 0.05) is 30.7 Å². The molecule has 0 spiro atoms. The molecule has 1 atom stereocenters. The van der Waals surface area contributed by atoms with Gasteiger partial charge in [-0.3, -0.25) is 4.79 Å². The van der Waals surface area contributed by atoms with Crippen molar-refractivity contribution in [1.82, 2.24) is 10.2 Å². The number of hydrogen-bond donors (Lipinski definition) is 2. The molecule has 2 aliphatic rings. The van der Waals surface area contributed by atoms with Crippen LogP contribution in [0, 0.1) is 5.92 Å². The molecule has 0 aromatic heterocycles. The van der Waals surface area contributed by atoms with Crippen molar-refractivity contribution >= 4 is 17.6 Å². The Morgan fingerprint density at radius 3 is 2.31 bits per heavy atom. The number of para-hydroxylation sites is 1. The van der Waals surface area contributed by atoms with Crippen LogP contribution in [0.3, 0.4) is 0 Å². The van der Waals surface area contributed by atoms with Gasteiger partial charge in [0.15, 0.2) is 0 Å². The van der Waals surface area contributed by atoms with E-state index in [1.165, 1.54) is 12.0 Å². The third-order valence-electron chi connectivity index (χ3n) is 6.40. The Bertz CT molecular complexity index is 834. The van der Waals surface area contributed by atoms with E-state index < -0.39 is 0 Å². The molecule has 0 unspecified atom stereocenters. The number of carbonyl (C=O) groups is 2. The lowest BCUT2D eigenvalue weighted by molar-refractivity contribution is -0.126. The predicted octanol–water partition coefficient (Wildman–Crippen LogP) is 4.17. The van der Waals surface area contributed by atoms with Gasteiger partial charge in [-0.1, -0.05) is 55.0 Å². The van der Waals surface area contributed by atoms with Crippen molar-refractivity contribution in [3.05, 3.63) is 66.2 Å². The average Bonchev–Trinajstić information content (AvgIpc) is 2.74. The Hall–Kier alpha value is -2.82. The van der Waals surface area contributed by atoms with Gasteiger partial charge in [-0.25, -0.2) is 4.79 Å². The number of amides is 3. The minimum atomic E-state index is -0.141. The van der Waals surface area contributed by atoms with Crippen LogP contribution in [0.4, 0.5) is 10.5 Å². The van der Waals surface area contributed by atoms with Crippen molar-refractivity contribution in [3.63, 3.8) is 0 Å². The van der Waals surface area contributed by atoms with E-state index in [0.29, 0.717) is 19.6 Å². The van der Waals surface area contributed by atoms with Crippen LogP contribution < -0.4 is 10.6 Å². The molecule has 2 fully saturated rings. The SMILES string of the molecule is O=C(NCC1(c2ccccc2)CCC1)[C@@H]1CCCN(C(=O)Nc2ccccc2)C1. The molecule has 5 heteroatoms. The molecule has 1 aliphatic heterocycles. The number of piperidine rings is 1. The molecule has 152 valence electrons. The number of nitrogens with zero attached hydrogens (tertiary/aromatic N) is 1. The molecule has 0 radical (unpaired) electrons. The van der Waals surface area contributed by atoms with Crippen molar-refractivity contribution in [2.75, 3.05) is 25.0 Å². The van der Waals surface area contributed by atoms with Crippen LogP contribution in [-0.2, 0) is 10.2 Å². The van der Waals surface area contributed by atoms with Crippen LogP contribution in [0.25, 0.3) is 0 Å². The lowest BCUT2D eigenvalue weighted by atomic mass is 9.64. The summed E-state index contributed by atoms with van der Waals surface area (Å²) in [5.74, 6) is -0.0670. The number of hydrogen-bond acceptors (Lipinski definition) is 2. The van der Waals surface area contributed by atoms with E-state index in [2.05, 4.69) is 34.9 Å². The van der Waals surface area contributed by atoms with Crippen LogP contribution in [0.5, 0.6) is 0 Å². The maximum Gasteiger partial charge on any atom is 0.321 e. The summed E-state index contributed by atoms with van der Waals surface area (Å²) in [6, 6.07) is 19.8. The van der Waals surface area contributed by atoms with Gasteiger partial charge < -0.3 is 15.5 Å². The van der Waals surface area contributed by atoms with E-state index in [4.69, 9.17) is 0 Å². The summed E-state index contributed by atoms with van der Waals surface area (Å²) in [5, 5.41) is 6.13. The van der Waals surface area contributed by atoms with Crippen LogP contribution in [0.1, 0.15) is 37.7 Å². The molecule has 1 heterocycles. The third-order valence-corrected chi connectivity index (χ3v) is 6.40. The number of carbonyl (C=O) groups excluding carboxylic acids is 2. The molecular weight excluding hydrogens is 362 g/mol. The van der Waals surface area contributed by atoms with Crippen molar-refractivity contribution < 1.29 is 9.59 Å². The highest BCUT2D eigenvalue weighted by Crippen LogP contribution is 2.43. The van der Waals surface area contributed by atoms with Crippen LogP contribution in [0.15, 0.2) is 60.7 Å². The largest absolute Gasteiger partial charge is 0.355 e. The van der Waals surface area contributed by atoms with Gasteiger partial charge in [0.2, 0.25) is 5.91 Å². The Kier molecular flexibility index (Phi) is 5.84. The number of benzene rings is 2. The second-order valence-electron chi connectivity index (χ2n) is 8.30. The number of anilines is 1. The van der Waals surface area contributed by atoms with E-state index in [-0.39, 0.29) is 23.3 Å². The number of urea groups is 1. The fourth-order valence-corrected chi connectivity index (χ4v) is 4.46. The van der Waals surface area contributed by atoms with E-state index >= 15 is 0 Å². The smallest absolute Gasteiger partial charge is 0.321 e. The maximum absolute atomic E-state index is 12.9. The second kappa shape index (κ2) is 8.68. The number of likely N-dealkylation sites (tertiary alicyclic amines) is 1. The van der Waals surface area contributed by atoms with E-state index in [1.807, 2.05) is 36.4 Å². The van der Waals surface area contributed by atoms with Gasteiger partial charge in [-0.2, -0.15) is 0 Å². The highest BCUT2D eigenvalue weighted by Gasteiger charge is 2.39. The molecule has 5 nitrogen and oxygen atoms in total. The van der Waals surface area contributed by atoms with Gasteiger partial charge in [-0.05, 0) is 43.4 Å². The summed E-state index contributed by atoms with van der Waals surface area (Å²) in [4.78, 5) is 27.2. The van der Waals surface area contributed by atoms with Gasteiger partial charge in [0.25, 0.3) is 0 Å². The van der Waals surface area contributed by atoms with Crippen molar-refractivity contribution in [3.8, 4) is 0 Å². The quantitative estimate of drug-likeness (QED) is 0.804. The molecular formula is C24H29N3O2. The van der Waals surface area contributed by atoms with Crippen LogP contribution in [-0.4, -0.2) is 36.5 Å². The van der Waals surface area contributed by atoms with Crippen LogP contribution in [0.2, 0.25) is 0 Å². The summed E-state index contributed by atoms with van der Waals surface area (Å²) in [7, 11) is 0. The molecule has 1 aliphatic carbocycles. The first-order valence-electron chi connectivity index (χ1n) is 10.6. The molecule has 1 saturated heterocycles. The minimum absolute atomic E-state index is 0.0735. The van der Waals surface area contributed by atoms with Gasteiger partial charge in [0.05, 0.1) is 5.92 Å². The van der Waals surface area contributed by atoms with Crippen molar-refractivity contribution in [1.29, 1.82) is 0 Å². The van der Waals surface area contributed by atoms with Crippen molar-refractivity contribution in [2.24, 2.45) is 5.92 Å². The molecule has 29 heavy (non-hydrogen) atoms. The third kappa shape index (κ3) is 4.44. The molecule has 2 N–H and O–H groups in total. The van der Waals surface area contributed by atoms with Gasteiger partial charge >= 0.3 is 6.03 Å². The fourth-order valence-electron chi connectivity index (χ4n) is 4.46. The maximum atomic E-state index is 12.9. The van der Waals surface area contributed by atoms with E-state index in [9.17, 15) is 9.59 Å².